The number of rotatable bonds is 6. The summed E-state index contributed by atoms with van der Waals surface area (Å²) in [6.07, 6.45) is 2.26. The second kappa shape index (κ2) is 10.9. The largest absolute Gasteiger partial charge is 0.377 e. The van der Waals surface area contributed by atoms with E-state index >= 15 is 0 Å². The quantitative estimate of drug-likeness (QED) is 0.347. The number of aryl methyl sites for hydroxylation is 1. The van der Waals surface area contributed by atoms with Gasteiger partial charge in [0.05, 0.1) is 6.54 Å². The van der Waals surface area contributed by atoms with E-state index in [1.807, 2.05) is 4.68 Å². The third-order valence-electron chi connectivity index (χ3n) is 4.47. The van der Waals surface area contributed by atoms with Crippen LogP contribution in [0.15, 0.2) is 23.2 Å². The fourth-order valence-electron chi connectivity index (χ4n) is 3.13. The smallest absolute Gasteiger partial charge is 0.191 e. The first-order chi connectivity index (χ1) is 13.1. The molecule has 154 valence electrons. The van der Waals surface area contributed by atoms with Crippen molar-refractivity contribution in [3.05, 3.63) is 46.3 Å². The van der Waals surface area contributed by atoms with Gasteiger partial charge in [0.1, 0.15) is 18.2 Å². The number of nitrogens with zero attached hydrogens (tertiary/aromatic N) is 4. The fourth-order valence-corrected chi connectivity index (χ4v) is 3.39. The zero-order valence-electron chi connectivity index (χ0n) is 15.9. The van der Waals surface area contributed by atoms with Crippen LogP contribution in [0.5, 0.6) is 0 Å². The molecule has 1 aliphatic rings. The Balaban J connectivity index is 0.00000280. The maximum atomic E-state index is 13.8. The Kier molecular flexibility index (Phi) is 8.90. The Labute approximate surface area is 186 Å². The number of methoxy groups -OCH3 is 1. The average molecular weight is 523 g/mol. The molecule has 28 heavy (non-hydrogen) atoms. The van der Waals surface area contributed by atoms with E-state index in [0.717, 1.165) is 18.7 Å². The topological polar surface area (TPSA) is 76.4 Å². The van der Waals surface area contributed by atoms with E-state index < -0.39 is 0 Å². The first-order valence-electron chi connectivity index (χ1n) is 8.92. The Morgan fingerprint density at radius 1 is 1.46 bits per heavy atom. The third-order valence-corrected chi connectivity index (χ3v) is 4.82. The number of nitrogens with one attached hydrogen (secondary N) is 2. The molecular formula is C18H25ClFIN6O. The SMILES string of the molecule is CN=C(NCCc1c(F)cccc1Cl)NC1CCc2nc(COC)nn2C1.I. The minimum absolute atomic E-state index is 0. The van der Waals surface area contributed by atoms with Gasteiger partial charge in [0.25, 0.3) is 0 Å². The zero-order valence-corrected chi connectivity index (χ0v) is 19.0. The molecule has 2 N–H and O–H groups in total. The first-order valence-corrected chi connectivity index (χ1v) is 9.30. The van der Waals surface area contributed by atoms with E-state index in [1.165, 1.54) is 6.07 Å². The van der Waals surface area contributed by atoms with Crippen molar-refractivity contribution >= 4 is 41.5 Å². The zero-order chi connectivity index (χ0) is 19.2. The van der Waals surface area contributed by atoms with Crippen LogP contribution < -0.4 is 10.6 Å². The standard InChI is InChI=1S/C18H24ClFN6O.HI/c1-21-18(22-9-8-13-14(19)4-3-5-15(13)20)23-12-6-7-17-24-16(11-27-2)25-26(17)10-12;/h3-5,12H,6-11H2,1-2H3,(H2,21,22,23);1H. The molecule has 3 rings (SSSR count). The fraction of sp³-hybridized carbons (Fsp3) is 0.500. The summed E-state index contributed by atoms with van der Waals surface area (Å²) in [7, 11) is 3.35. The Bertz CT molecular complexity index is 795. The van der Waals surface area contributed by atoms with Crippen molar-refractivity contribution < 1.29 is 9.13 Å². The van der Waals surface area contributed by atoms with Crippen molar-refractivity contribution in [1.82, 2.24) is 25.4 Å². The summed E-state index contributed by atoms with van der Waals surface area (Å²) in [6, 6.07) is 4.92. The summed E-state index contributed by atoms with van der Waals surface area (Å²) in [5.41, 5.74) is 0.512. The molecule has 0 bridgehead atoms. The van der Waals surface area contributed by atoms with Gasteiger partial charge in [-0.05, 0) is 25.0 Å². The van der Waals surface area contributed by atoms with Crippen LogP contribution in [0.1, 0.15) is 23.6 Å². The molecule has 0 saturated heterocycles. The molecule has 1 unspecified atom stereocenters. The van der Waals surface area contributed by atoms with Gasteiger partial charge in [-0.1, -0.05) is 17.7 Å². The molecule has 2 aromatic rings. The lowest BCUT2D eigenvalue weighted by Gasteiger charge is -2.25. The minimum Gasteiger partial charge on any atom is -0.377 e. The molecule has 0 fully saturated rings. The molecule has 0 spiro atoms. The van der Waals surface area contributed by atoms with E-state index in [2.05, 4.69) is 25.7 Å². The van der Waals surface area contributed by atoms with Gasteiger partial charge in [0.15, 0.2) is 11.8 Å². The predicted molar refractivity (Wildman–Crippen MR) is 118 cm³/mol. The molecule has 0 amide bonds. The second-order valence-electron chi connectivity index (χ2n) is 6.39. The number of halogens is 3. The highest BCUT2D eigenvalue weighted by molar-refractivity contribution is 14.0. The van der Waals surface area contributed by atoms with Crippen molar-refractivity contribution in [2.24, 2.45) is 4.99 Å². The van der Waals surface area contributed by atoms with Gasteiger partial charge in [0, 0.05) is 43.8 Å². The second-order valence-corrected chi connectivity index (χ2v) is 6.80. The first kappa shape index (κ1) is 22.8. The van der Waals surface area contributed by atoms with Crippen LogP contribution in [0.3, 0.4) is 0 Å². The molecule has 10 heteroatoms. The van der Waals surface area contributed by atoms with Gasteiger partial charge in [-0.3, -0.25) is 4.99 Å². The molecule has 0 radical (unpaired) electrons. The summed E-state index contributed by atoms with van der Waals surface area (Å²) >= 11 is 6.07. The number of benzene rings is 1. The molecule has 1 aliphatic heterocycles. The minimum atomic E-state index is -0.287. The van der Waals surface area contributed by atoms with Crippen LogP contribution in [0.2, 0.25) is 5.02 Å². The van der Waals surface area contributed by atoms with Crippen LogP contribution in [0.4, 0.5) is 4.39 Å². The number of ether oxygens (including phenoxy) is 1. The van der Waals surface area contributed by atoms with E-state index in [1.54, 1.807) is 26.3 Å². The highest BCUT2D eigenvalue weighted by atomic mass is 127. The average Bonchev–Trinajstić information content (AvgIpc) is 3.05. The van der Waals surface area contributed by atoms with E-state index in [-0.39, 0.29) is 35.8 Å². The van der Waals surface area contributed by atoms with Gasteiger partial charge < -0.3 is 15.4 Å². The third kappa shape index (κ3) is 5.77. The Morgan fingerprint density at radius 3 is 3.00 bits per heavy atom. The number of guanidine groups is 1. The van der Waals surface area contributed by atoms with Crippen molar-refractivity contribution in [3.8, 4) is 0 Å². The molecule has 7 nitrogen and oxygen atoms in total. The van der Waals surface area contributed by atoms with Gasteiger partial charge in [-0.25, -0.2) is 14.1 Å². The molecule has 2 heterocycles. The maximum absolute atomic E-state index is 13.8. The normalized spacial score (nSPS) is 16.3. The molecule has 1 aromatic heterocycles. The van der Waals surface area contributed by atoms with E-state index in [0.29, 0.717) is 48.5 Å². The number of hydrogen-bond donors (Lipinski definition) is 2. The van der Waals surface area contributed by atoms with Crippen LogP contribution in [0.25, 0.3) is 0 Å². The predicted octanol–water partition coefficient (Wildman–Crippen LogP) is 2.56. The number of hydrogen-bond acceptors (Lipinski definition) is 4. The van der Waals surface area contributed by atoms with E-state index in [9.17, 15) is 4.39 Å². The van der Waals surface area contributed by atoms with E-state index in [4.69, 9.17) is 16.3 Å². The highest BCUT2D eigenvalue weighted by Gasteiger charge is 2.22. The molecule has 1 aromatic carbocycles. The Morgan fingerprint density at radius 2 is 2.29 bits per heavy atom. The molecular weight excluding hydrogens is 498 g/mol. The number of aliphatic imine (C=N–C) groups is 1. The molecule has 1 atom stereocenters. The van der Waals surface area contributed by atoms with Gasteiger partial charge in [0.2, 0.25) is 0 Å². The monoisotopic (exact) mass is 522 g/mol. The molecule has 0 aliphatic carbocycles. The van der Waals surface area contributed by atoms with Crippen molar-refractivity contribution in [2.75, 3.05) is 20.7 Å². The van der Waals surface area contributed by atoms with Gasteiger partial charge in [-0.15, -0.1) is 24.0 Å². The summed E-state index contributed by atoms with van der Waals surface area (Å²) in [6.45, 7) is 1.66. The van der Waals surface area contributed by atoms with Gasteiger partial charge in [-0.2, -0.15) is 5.10 Å². The van der Waals surface area contributed by atoms with Crippen LogP contribution >= 0.6 is 35.6 Å². The van der Waals surface area contributed by atoms with Gasteiger partial charge >= 0.3 is 0 Å². The molecule has 0 saturated carbocycles. The Hall–Kier alpha value is -1.46. The van der Waals surface area contributed by atoms with Crippen LogP contribution in [-0.2, 0) is 30.7 Å². The lowest BCUT2D eigenvalue weighted by molar-refractivity contribution is 0.177. The van der Waals surface area contributed by atoms with Crippen LogP contribution in [0, 0.1) is 5.82 Å². The highest BCUT2D eigenvalue weighted by Crippen LogP contribution is 2.19. The lowest BCUT2D eigenvalue weighted by atomic mass is 10.1. The summed E-state index contributed by atoms with van der Waals surface area (Å²) in [4.78, 5) is 8.73. The number of fused-ring (bicyclic) bond motifs is 1. The summed E-state index contributed by atoms with van der Waals surface area (Å²) in [5.74, 6) is 2.08. The number of aromatic nitrogens is 3. The lowest BCUT2D eigenvalue weighted by Crippen LogP contribution is -2.47. The van der Waals surface area contributed by atoms with Crippen LogP contribution in [-0.4, -0.2) is 47.5 Å². The van der Waals surface area contributed by atoms with Crippen molar-refractivity contribution in [3.63, 3.8) is 0 Å². The maximum Gasteiger partial charge on any atom is 0.191 e. The summed E-state index contributed by atoms with van der Waals surface area (Å²) in [5, 5.41) is 11.5. The van der Waals surface area contributed by atoms with Crippen molar-refractivity contribution in [1.29, 1.82) is 0 Å². The van der Waals surface area contributed by atoms with Crippen molar-refractivity contribution in [2.45, 2.75) is 38.5 Å². The summed E-state index contributed by atoms with van der Waals surface area (Å²) < 4.78 is 20.9.